The molecule has 1 fully saturated rings. The number of ether oxygens (including phenoxy) is 4. The van der Waals surface area contributed by atoms with Crippen LogP contribution in [0.1, 0.15) is 30.6 Å². The Kier molecular flexibility index (Phi) is 13.4. The molecule has 0 amide bonds. The standard InChI is InChI=1S/C8H10O3.C8H8O2.C4H6O3.H2O4S/c1-10-8(9)6-4-5-2-3-7(6)11-5;1-10-8(9)7-5-3-2-4-6-7;1-3(5)7-4(2)6;1-5(2,3)4/h2-3,5-7H,4H2,1H3;2-6H,1H3;1-2H3;(H2,1,2,3,4)/t5-,6?,7+;;;/m0.../s1. The summed E-state index contributed by atoms with van der Waals surface area (Å²) in [4.78, 5) is 41.5. The zero-order valence-electron chi connectivity index (χ0n) is 18.4. The third-order valence-electron chi connectivity index (χ3n) is 3.72. The first-order valence-corrected chi connectivity index (χ1v) is 10.6. The topological polar surface area (TPSA) is 180 Å². The van der Waals surface area contributed by atoms with E-state index in [9.17, 15) is 19.2 Å². The van der Waals surface area contributed by atoms with Gasteiger partial charge in [-0.2, -0.15) is 8.42 Å². The molecule has 13 heteroatoms. The van der Waals surface area contributed by atoms with E-state index in [4.69, 9.17) is 22.3 Å². The maximum atomic E-state index is 11.1. The van der Waals surface area contributed by atoms with Crippen molar-refractivity contribution in [3.63, 3.8) is 0 Å². The molecule has 0 aromatic heterocycles. The molecule has 3 rings (SSSR count). The Bertz CT molecular complexity index is 904. The van der Waals surface area contributed by atoms with Crippen molar-refractivity contribution in [3.05, 3.63) is 48.0 Å². The predicted octanol–water partition coefficient (Wildman–Crippen LogP) is 1.42. The van der Waals surface area contributed by atoms with Crippen LogP contribution in [0, 0.1) is 5.92 Å². The lowest BCUT2D eigenvalue weighted by molar-refractivity contribution is -0.156. The van der Waals surface area contributed by atoms with Crippen molar-refractivity contribution in [1.29, 1.82) is 0 Å². The summed E-state index contributed by atoms with van der Waals surface area (Å²) in [6, 6.07) is 8.88. The summed E-state index contributed by atoms with van der Waals surface area (Å²) in [5.74, 6) is -1.63. The maximum absolute atomic E-state index is 11.1. The van der Waals surface area contributed by atoms with Gasteiger partial charge < -0.3 is 18.9 Å². The van der Waals surface area contributed by atoms with Gasteiger partial charge in [0.2, 0.25) is 0 Å². The molecule has 0 radical (unpaired) electrons. The lowest BCUT2D eigenvalue weighted by Gasteiger charge is -2.11. The molecular weight excluding hydrogens is 464 g/mol. The van der Waals surface area contributed by atoms with Crippen LogP contribution in [0.4, 0.5) is 0 Å². The van der Waals surface area contributed by atoms with E-state index in [2.05, 4.69) is 14.2 Å². The second-order valence-corrected chi connectivity index (χ2v) is 7.18. The summed E-state index contributed by atoms with van der Waals surface area (Å²) in [7, 11) is -1.88. The first kappa shape index (κ1) is 29.9. The van der Waals surface area contributed by atoms with Crippen LogP contribution in [0.15, 0.2) is 42.5 Å². The van der Waals surface area contributed by atoms with Gasteiger partial charge in [0, 0.05) is 13.8 Å². The molecule has 2 heterocycles. The molecule has 0 aliphatic carbocycles. The molecule has 1 aromatic carbocycles. The van der Waals surface area contributed by atoms with Crippen LogP contribution in [0.5, 0.6) is 0 Å². The zero-order chi connectivity index (χ0) is 25.6. The van der Waals surface area contributed by atoms with Crippen LogP contribution < -0.4 is 0 Å². The predicted molar refractivity (Wildman–Crippen MR) is 112 cm³/mol. The van der Waals surface area contributed by atoms with E-state index in [1.165, 1.54) is 28.1 Å². The SMILES string of the molecule is CC(=O)OC(C)=O.COC(=O)C1C[C@@H]2C=C[C@H]1O2.COC(=O)c1ccccc1.O=S(=O)(O)O. The molecule has 1 saturated heterocycles. The molecule has 1 aromatic rings. The number of esters is 4. The van der Waals surface area contributed by atoms with Gasteiger partial charge in [0.05, 0.1) is 37.9 Å². The Balaban J connectivity index is 0.000000433. The molecule has 2 bridgehead atoms. The van der Waals surface area contributed by atoms with Gasteiger partial charge in [0.25, 0.3) is 0 Å². The van der Waals surface area contributed by atoms with Gasteiger partial charge in [-0.3, -0.25) is 23.5 Å². The first-order valence-electron chi connectivity index (χ1n) is 9.22. The first-order chi connectivity index (χ1) is 15.3. The Labute approximate surface area is 191 Å². The largest absolute Gasteiger partial charge is 0.469 e. The van der Waals surface area contributed by atoms with E-state index in [-0.39, 0.29) is 30.1 Å². The van der Waals surface area contributed by atoms with Gasteiger partial charge in [-0.15, -0.1) is 0 Å². The number of methoxy groups -OCH3 is 2. The van der Waals surface area contributed by atoms with Crippen molar-refractivity contribution in [2.45, 2.75) is 32.5 Å². The monoisotopic (exact) mass is 490 g/mol. The van der Waals surface area contributed by atoms with E-state index >= 15 is 0 Å². The number of hydrogen-bond donors (Lipinski definition) is 2. The van der Waals surface area contributed by atoms with Crippen LogP contribution in [0.2, 0.25) is 0 Å². The van der Waals surface area contributed by atoms with Crippen molar-refractivity contribution in [2.24, 2.45) is 5.92 Å². The van der Waals surface area contributed by atoms with Gasteiger partial charge in [-0.25, -0.2) is 4.79 Å². The molecule has 12 nitrogen and oxygen atoms in total. The number of rotatable bonds is 2. The second-order valence-electron chi connectivity index (χ2n) is 6.28. The van der Waals surface area contributed by atoms with Gasteiger partial charge in [0.1, 0.15) is 0 Å². The average Bonchev–Trinajstić information content (AvgIpc) is 3.36. The highest BCUT2D eigenvalue weighted by atomic mass is 32.3. The summed E-state index contributed by atoms with van der Waals surface area (Å²) in [5.41, 5.74) is 0.588. The summed E-state index contributed by atoms with van der Waals surface area (Å²) in [5, 5.41) is 0. The molecule has 33 heavy (non-hydrogen) atoms. The van der Waals surface area contributed by atoms with Crippen LogP contribution in [0.25, 0.3) is 0 Å². The smallest absolute Gasteiger partial charge is 0.394 e. The fraction of sp³-hybridized carbons (Fsp3) is 0.400. The van der Waals surface area contributed by atoms with Crippen molar-refractivity contribution >= 4 is 34.3 Å². The fourth-order valence-electron chi connectivity index (χ4n) is 2.55. The highest BCUT2D eigenvalue weighted by Gasteiger charge is 2.41. The van der Waals surface area contributed by atoms with Crippen molar-refractivity contribution in [2.75, 3.05) is 14.2 Å². The highest BCUT2D eigenvalue weighted by Crippen LogP contribution is 2.34. The Morgan fingerprint density at radius 2 is 1.45 bits per heavy atom. The molecule has 0 saturated carbocycles. The van der Waals surface area contributed by atoms with E-state index < -0.39 is 22.3 Å². The third kappa shape index (κ3) is 14.5. The minimum Gasteiger partial charge on any atom is -0.469 e. The molecule has 1 unspecified atom stereocenters. The number of hydrogen-bond acceptors (Lipinski definition) is 10. The quantitative estimate of drug-likeness (QED) is 0.200. The molecule has 0 spiro atoms. The van der Waals surface area contributed by atoms with Gasteiger partial charge in [-0.1, -0.05) is 30.4 Å². The third-order valence-corrected chi connectivity index (χ3v) is 3.72. The molecular formula is C20H26O12S. The zero-order valence-corrected chi connectivity index (χ0v) is 19.2. The van der Waals surface area contributed by atoms with Crippen LogP contribution >= 0.6 is 0 Å². The molecule has 2 aliphatic rings. The van der Waals surface area contributed by atoms with Crippen molar-refractivity contribution < 1.29 is 55.6 Å². The molecule has 2 N–H and O–H groups in total. The number of carbonyl (C=O) groups is 4. The second kappa shape index (κ2) is 14.8. The summed E-state index contributed by atoms with van der Waals surface area (Å²) in [6.07, 6.45) is 4.87. The minimum absolute atomic E-state index is 0.0209. The van der Waals surface area contributed by atoms with E-state index in [1.807, 2.05) is 18.2 Å². The summed E-state index contributed by atoms with van der Waals surface area (Å²) in [6.45, 7) is 2.36. The Hall–Kier alpha value is -3.13. The summed E-state index contributed by atoms with van der Waals surface area (Å²) < 4.78 is 50.1. The Morgan fingerprint density at radius 1 is 0.939 bits per heavy atom. The van der Waals surface area contributed by atoms with Crippen molar-refractivity contribution in [1.82, 2.24) is 0 Å². The van der Waals surface area contributed by atoms with Gasteiger partial charge in [0.15, 0.2) is 0 Å². The lowest BCUT2D eigenvalue weighted by Crippen LogP contribution is -2.24. The lowest BCUT2D eigenvalue weighted by atomic mass is 9.95. The minimum atomic E-state index is -4.67. The van der Waals surface area contributed by atoms with Gasteiger partial charge >= 0.3 is 34.3 Å². The maximum Gasteiger partial charge on any atom is 0.394 e. The fourth-order valence-corrected chi connectivity index (χ4v) is 2.55. The molecule has 3 atom stereocenters. The average molecular weight is 490 g/mol. The normalized spacial score (nSPS) is 19.3. The Morgan fingerprint density at radius 3 is 1.76 bits per heavy atom. The molecule has 184 valence electrons. The van der Waals surface area contributed by atoms with E-state index in [1.54, 1.807) is 24.3 Å². The van der Waals surface area contributed by atoms with E-state index in [0.29, 0.717) is 5.56 Å². The van der Waals surface area contributed by atoms with Gasteiger partial charge in [-0.05, 0) is 18.6 Å². The van der Waals surface area contributed by atoms with Crippen LogP contribution in [-0.2, 0) is 43.7 Å². The summed E-state index contributed by atoms with van der Waals surface area (Å²) >= 11 is 0. The number of fused-ring (bicyclic) bond motifs is 2. The van der Waals surface area contributed by atoms with E-state index in [0.717, 1.165) is 6.42 Å². The number of carbonyl (C=O) groups excluding carboxylic acids is 4. The molecule has 2 aliphatic heterocycles. The highest BCUT2D eigenvalue weighted by molar-refractivity contribution is 7.79. The van der Waals surface area contributed by atoms with Crippen LogP contribution in [-0.4, -0.2) is 67.8 Å². The van der Waals surface area contributed by atoms with Crippen LogP contribution in [0.3, 0.4) is 0 Å². The van der Waals surface area contributed by atoms with Crippen molar-refractivity contribution in [3.8, 4) is 0 Å². The number of benzene rings is 1.